The number of aromatic carboxylic acids is 1. The van der Waals surface area contributed by atoms with Gasteiger partial charge in [-0.25, -0.2) is 4.79 Å². The Morgan fingerprint density at radius 1 is 1.35 bits per heavy atom. The number of nitrogens with zero attached hydrogens (tertiary/aromatic N) is 1. The molecule has 0 radical (unpaired) electrons. The molecule has 2 aliphatic rings. The molecule has 3 heterocycles. The van der Waals surface area contributed by atoms with Crippen LogP contribution in [0.25, 0.3) is 0 Å². The highest BCUT2D eigenvalue weighted by molar-refractivity contribution is 5.84. The molecule has 110 valence electrons. The molecule has 0 aromatic carbocycles. The van der Waals surface area contributed by atoms with Gasteiger partial charge in [0.25, 0.3) is 0 Å². The molecule has 0 spiro atoms. The smallest absolute Gasteiger partial charge is 0.371 e. The van der Waals surface area contributed by atoms with Crippen molar-refractivity contribution >= 4 is 5.97 Å². The van der Waals surface area contributed by atoms with Crippen LogP contribution < -0.4 is 5.32 Å². The lowest BCUT2D eigenvalue weighted by molar-refractivity contribution is 0.0657. The first-order chi connectivity index (χ1) is 9.72. The molecular weight excluding hydrogens is 256 g/mol. The van der Waals surface area contributed by atoms with Gasteiger partial charge in [0.05, 0.1) is 6.54 Å². The van der Waals surface area contributed by atoms with Gasteiger partial charge in [0.2, 0.25) is 5.76 Å². The second-order valence-electron chi connectivity index (χ2n) is 5.89. The number of carboxylic acids is 1. The number of nitrogens with one attached hydrogen (secondary N) is 1. The predicted molar refractivity (Wildman–Crippen MR) is 74.7 cm³/mol. The Morgan fingerprint density at radius 3 is 2.75 bits per heavy atom. The number of piperidine rings is 1. The van der Waals surface area contributed by atoms with E-state index < -0.39 is 5.97 Å². The fourth-order valence-electron chi connectivity index (χ4n) is 3.43. The van der Waals surface area contributed by atoms with E-state index in [1.165, 1.54) is 38.3 Å². The molecule has 2 fully saturated rings. The molecular formula is C15H22N2O3. The Kier molecular flexibility index (Phi) is 4.08. The second kappa shape index (κ2) is 5.97. The SMILES string of the molecule is O=C(O)c1ccc(CN2CCC(C3CCCN3)CC2)o1. The minimum atomic E-state index is -0.998. The Morgan fingerprint density at radius 2 is 2.15 bits per heavy atom. The van der Waals surface area contributed by atoms with Crippen molar-refractivity contribution in [3.63, 3.8) is 0 Å². The number of hydrogen-bond acceptors (Lipinski definition) is 4. The van der Waals surface area contributed by atoms with Crippen LogP contribution in [-0.2, 0) is 6.54 Å². The van der Waals surface area contributed by atoms with Crippen molar-refractivity contribution in [2.45, 2.75) is 38.3 Å². The van der Waals surface area contributed by atoms with Crippen LogP contribution in [0.1, 0.15) is 42.0 Å². The number of carbonyl (C=O) groups is 1. The minimum absolute atomic E-state index is 0.0324. The maximum Gasteiger partial charge on any atom is 0.371 e. The maximum absolute atomic E-state index is 10.8. The maximum atomic E-state index is 10.8. The van der Waals surface area contributed by atoms with Crippen LogP contribution in [0.5, 0.6) is 0 Å². The Hall–Kier alpha value is -1.33. The normalized spacial score (nSPS) is 25.1. The summed E-state index contributed by atoms with van der Waals surface area (Å²) in [6.45, 7) is 4.05. The van der Waals surface area contributed by atoms with Crippen LogP contribution in [0.15, 0.2) is 16.5 Å². The van der Waals surface area contributed by atoms with Gasteiger partial charge in [-0.3, -0.25) is 4.90 Å². The van der Waals surface area contributed by atoms with E-state index in [2.05, 4.69) is 10.2 Å². The zero-order valence-electron chi connectivity index (χ0n) is 11.7. The van der Waals surface area contributed by atoms with E-state index >= 15 is 0 Å². The van der Waals surface area contributed by atoms with E-state index in [4.69, 9.17) is 9.52 Å². The summed E-state index contributed by atoms with van der Waals surface area (Å²) in [5.41, 5.74) is 0. The van der Waals surface area contributed by atoms with Crippen molar-refractivity contribution in [2.24, 2.45) is 5.92 Å². The van der Waals surface area contributed by atoms with Crippen LogP contribution in [0.4, 0.5) is 0 Å². The van der Waals surface area contributed by atoms with E-state index in [1.807, 2.05) is 0 Å². The summed E-state index contributed by atoms with van der Waals surface area (Å²) in [6, 6.07) is 4.03. The lowest BCUT2D eigenvalue weighted by Crippen LogP contribution is -2.40. The van der Waals surface area contributed by atoms with E-state index in [0.29, 0.717) is 0 Å². The van der Waals surface area contributed by atoms with Gasteiger partial charge in [0.15, 0.2) is 0 Å². The average Bonchev–Trinajstić information content (AvgIpc) is 3.10. The predicted octanol–water partition coefficient (Wildman–Crippen LogP) is 1.94. The molecule has 1 unspecified atom stereocenters. The van der Waals surface area contributed by atoms with Crippen LogP contribution >= 0.6 is 0 Å². The van der Waals surface area contributed by atoms with Crippen molar-refractivity contribution in [2.75, 3.05) is 19.6 Å². The Labute approximate surface area is 118 Å². The molecule has 2 aliphatic heterocycles. The van der Waals surface area contributed by atoms with E-state index in [0.717, 1.165) is 37.4 Å². The van der Waals surface area contributed by atoms with Crippen LogP contribution in [0, 0.1) is 5.92 Å². The van der Waals surface area contributed by atoms with E-state index in [9.17, 15) is 4.79 Å². The second-order valence-corrected chi connectivity index (χ2v) is 5.89. The molecule has 5 nitrogen and oxygen atoms in total. The summed E-state index contributed by atoms with van der Waals surface area (Å²) < 4.78 is 5.32. The third kappa shape index (κ3) is 3.04. The van der Waals surface area contributed by atoms with Crippen LogP contribution in [-0.4, -0.2) is 41.7 Å². The highest BCUT2D eigenvalue weighted by Gasteiger charge is 2.28. The van der Waals surface area contributed by atoms with Crippen molar-refractivity contribution in [1.82, 2.24) is 10.2 Å². The molecule has 0 saturated carbocycles. The van der Waals surface area contributed by atoms with Crippen molar-refractivity contribution < 1.29 is 14.3 Å². The largest absolute Gasteiger partial charge is 0.475 e. The van der Waals surface area contributed by atoms with Gasteiger partial charge in [-0.2, -0.15) is 0 Å². The first kappa shape index (κ1) is 13.6. The van der Waals surface area contributed by atoms with Gasteiger partial charge in [-0.1, -0.05) is 0 Å². The third-order valence-corrected chi connectivity index (χ3v) is 4.55. The summed E-state index contributed by atoms with van der Waals surface area (Å²) in [6.07, 6.45) is 5.09. The molecule has 2 N–H and O–H groups in total. The lowest BCUT2D eigenvalue weighted by Gasteiger charge is -2.34. The molecule has 0 amide bonds. The summed E-state index contributed by atoms with van der Waals surface area (Å²) in [4.78, 5) is 13.1. The molecule has 20 heavy (non-hydrogen) atoms. The molecule has 3 rings (SSSR count). The highest BCUT2D eigenvalue weighted by atomic mass is 16.4. The lowest BCUT2D eigenvalue weighted by atomic mass is 9.88. The standard InChI is InChI=1S/C15H22N2O3/c18-15(19)14-4-3-12(20-14)10-17-8-5-11(6-9-17)13-2-1-7-16-13/h3-4,11,13,16H,1-2,5-10H2,(H,18,19). The van der Waals surface area contributed by atoms with Crippen molar-refractivity contribution in [1.29, 1.82) is 0 Å². The van der Waals surface area contributed by atoms with E-state index in [-0.39, 0.29) is 5.76 Å². The molecule has 1 aromatic rings. The molecule has 1 aromatic heterocycles. The molecule has 0 aliphatic carbocycles. The van der Waals surface area contributed by atoms with Gasteiger partial charge in [-0.15, -0.1) is 0 Å². The number of furan rings is 1. The third-order valence-electron chi connectivity index (χ3n) is 4.55. The average molecular weight is 278 g/mol. The molecule has 1 atom stereocenters. The minimum Gasteiger partial charge on any atom is -0.475 e. The Bertz CT molecular complexity index is 457. The number of carboxylic acid groups (broad SMARTS) is 1. The molecule has 0 bridgehead atoms. The summed E-state index contributed by atoms with van der Waals surface area (Å²) in [5.74, 6) is 0.590. The molecule has 5 heteroatoms. The fraction of sp³-hybridized carbons (Fsp3) is 0.667. The number of rotatable bonds is 4. The van der Waals surface area contributed by atoms with Gasteiger partial charge < -0.3 is 14.8 Å². The summed E-state index contributed by atoms with van der Waals surface area (Å²) >= 11 is 0. The van der Waals surface area contributed by atoms with Gasteiger partial charge in [-0.05, 0) is 63.4 Å². The number of likely N-dealkylation sites (tertiary alicyclic amines) is 1. The quantitative estimate of drug-likeness (QED) is 0.881. The van der Waals surface area contributed by atoms with Crippen molar-refractivity contribution in [3.05, 3.63) is 23.7 Å². The summed E-state index contributed by atoms with van der Waals surface area (Å²) in [7, 11) is 0. The van der Waals surface area contributed by atoms with Gasteiger partial charge in [0.1, 0.15) is 5.76 Å². The zero-order chi connectivity index (χ0) is 13.9. The first-order valence-electron chi connectivity index (χ1n) is 7.50. The zero-order valence-corrected chi connectivity index (χ0v) is 11.7. The van der Waals surface area contributed by atoms with Crippen molar-refractivity contribution in [3.8, 4) is 0 Å². The topological polar surface area (TPSA) is 65.7 Å². The van der Waals surface area contributed by atoms with Gasteiger partial charge in [0, 0.05) is 6.04 Å². The first-order valence-corrected chi connectivity index (χ1v) is 7.50. The van der Waals surface area contributed by atoms with Crippen LogP contribution in [0.2, 0.25) is 0 Å². The van der Waals surface area contributed by atoms with Crippen LogP contribution in [0.3, 0.4) is 0 Å². The summed E-state index contributed by atoms with van der Waals surface area (Å²) in [5, 5.41) is 12.5. The Balaban J connectivity index is 1.49. The highest BCUT2D eigenvalue weighted by Crippen LogP contribution is 2.26. The molecule has 2 saturated heterocycles. The monoisotopic (exact) mass is 278 g/mol. The van der Waals surface area contributed by atoms with Gasteiger partial charge >= 0.3 is 5.97 Å². The number of hydrogen-bond donors (Lipinski definition) is 2. The fourth-order valence-corrected chi connectivity index (χ4v) is 3.43. The van der Waals surface area contributed by atoms with E-state index in [1.54, 1.807) is 6.07 Å².